The van der Waals surface area contributed by atoms with Crippen LogP contribution in [0.25, 0.3) is 0 Å². The summed E-state index contributed by atoms with van der Waals surface area (Å²) in [6.45, 7) is 0.583. The predicted molar refractivity (Wildman–Crippen MR) is 61.8 cm³/mol. The lowest BCUT2D eigenvalue weighted by Gasteiger charge is -2.02. The van der Waals surface area contributed by atoms with Crippen LogP contribution in [0, 0.1) is 0 Å². The van der Waals surface area contributed by atoms with Crippen LogP contribution in [0.5, 0.6) is 5.75 Å². The molecule has 0 bridgehead atoms. The molecule has 0 fully saturated rings. The standard InChI is InChI=1S/C13H12O5/c14-10(2-4-12(15)16)13(17)9-1-3-11-8(7-9)5-6-18-11/h1,3,7H,2,4-6H2,(H,15,16). The minimum atomic E-state index is -1.08. The smallest absolute Gasteiger partial charge is 0.303 e. The Balaban J connectivity index is 2.09. The van der Waals surface area contributed by atoms with Gasteiger partial charge >= 0.3 is 5.97 Å². The first-order chi connectivity index (χ1) is 8.58. The fraction of sp³-hybridized carbons (Fsp3) is 0.308. The van der Waals surface area contributed by atoms with Gasteiger partial charge in [-0.25, -0.2) is 0 Å². The molecule has 0 radical (unpaired) electrons. The van der Waals surface area contributed by atoms with Crippen molar-refractivity contribution < 1.29 is 24.2 Å². The molecule has 0 aliphatic carbocycles. The molecule has 1 heterocycles. The van der Waals surface area contributed by atoms with Crippen LogP contribution in [0.15, 0.2) is 18.2 Å². The summed E-state index contributed by atoms with van der Waals surface area (Å²) in [5.41, 5.74) is 1.21. The van der Waals surface area contributed by atoms with Gasteiger partial charge in [-0.1, -0.05) is 0 Å². The third kappa shape index (κ3) is 2.56. The van der Waals surface area contributed by atoms with Crippen molar-refractivity contribution in [3.05, 3.63) is 29.3 Å². The van der Waals surface area contributed by atoms with Gasteiger partial charge in [0.15, 0.2) is 0 Å². The summed E-state index contributed by atoms with van der Waals surface area (Å²) in [5, 5.41) is 8.46. The predicted octanol–water partition coefficient (Wildman–Crippen LogP) is 1.24. The van der Waals surface area contributed by atoms with E-state index in [0.717, 1.165) is 17.7 Å². The summed E-state index contributed by atoms with van der Waals surface area (Å²) in [4.78, 5) is 33.6. The highest BCUT2D eigenvalue weighted by Gasteiger charge is 2.20. The molecule has 0 spiro atoms. The third-order valence-corrected chi connectivity index (χ3v) is 2.77. The maximum absolute atomic E-state index is 11.8. The molecule has 1 aromatic carbocycles. The molecule has 94 valence electrons. The van der Waals surface area contributed by atoms with Crippen molar-refractivity contribution in [2.24, 2.45) is 0 Å². The molecule has 0 aromatic heterocycles. The van der Waals surface area contributed by atoms with Crippen molar-refractivity contribution in [2.75, 3.05) is 6.61 Å². The first kappa shape index (κ1) is 12.3. The largest absolute Gasteiger partial charge is 0.493 e. The van der Waals surface area contributed by atoms with Crippen LogP contribution < -0.4 is 4.74 Å². The maximum atomic E-state index is 11.8. The van der Waals surface area contributed by atoms with Gasteiger partial charge in [0.05, 0.1) is 13.0 Å². The lowest BCUT2D eigenvalue weighted by atomic mass is 10.0. The van der Waals surface area contributed by atoms with Crippen molar-refractivity contribution in [2.45, 2.75) is 19.3 Å². The first-order valence-electron chi connectivity index (χ1n) is 5.63. The Morgan fingerprint density at radius 3 is 2.72 bits per heavy atom. The van der Waals surface area contributed by atoms with Gasteiger partial charge in [0.1, 0.15) is 5.75 Å². The van der Waals surface area contributed by atoms with E-state index in [1.165, 1.54) is 6.07 Å². The zero-order chi connectivity index (χ0) is 13.1. The Morgan fingerprint density at radius 1 is 1.22 bits per heavy atom. The molecular weight excluding hydrogens is 236 g/mol. The number of ketones is 2. The zero-order valence-electron chi connectivity index (χ0n) is 9.64. The summed E-state index contributed by atoms with van der Waals surface area (Å²) < 4.78 is 5.30. The second kappa shape index (κ2) is 5.00. The highest BCUT2D eigenvalue weighted by molar-refractivity contribution is 6.43. The minimum absolute atomic E-state index is 0.262. The quantitative estimate of drug-likeness (QED) is 0.626. The molecule has 18 heavy (non-hydrogen) atoms. The van der Waals surface area contributed by atoms with Crippen LogP contribution in [-0.2, 0) is 16.0 Å². The monoisotopic (exact) mass is 248 g/mol. The molecular formula is C13H12O5. The fourth-order valence-electron chi connectivity index (χ4n) is 1.82. The SMILES string of the molecule is O=C(O)CCC(=O)C(=O)c1ccc2c(c1)CCO2. The summed E-state index contributed by atoms with van der Waals surface area (Å²) >= 11 is 0. The van der Waals surface area contributed by atoms with Crippen LogP contribution in [0.1, 0.15) is 28.8 Å². The number of carbonyl (C=O) groups excluding carboxylic acids is 2. The number of benzene rings is 1. The topological polar surface area (TPSA) is 80.7 Å². The number of carboxylic acid groups (broad SMARTS) is 1. The molecule has 1 aromatic rings. The molecule has 0 saturated carbocycles. The van der Waals surface area contributed by atoms with E-state index in [4.69, 9.17) is 9.84 Å². The van der Waals surface area contributed by atoms with Crippen molar-refractivity contribution in [1.82, 2.24) is 0 Å². The van der Waals surface area contributed by atoms with Crippen molar-refractivity contribution in [3.63, 3.8) is 0 Å². The Kier molecular flexibility index (Phi) is 3.41. The molecule has 1 aliphatic heterocycles. The Labute approximate surface area is 103 Å². The number of hydrogen-bond donors (Lipinski definition) is 1. The number of rotatable bonds is 5. The molecule has 0 atom stereocenters. The zero-order valence-corrected chi connectivity index (χ0v) is 9.64. The molecule has 0 unspecified atom stereocenters. The summed E-state index contributed by atoms with van der Waals surface area (Å²) in [7, 11) is 0. The summed E-state index contributed by atoms with van der Waals surface area (Å²) in [6.07, 6.45) is 0.139. The van der Waals surface area contributed by atoms with Gasteiger partial charge in [-0.05, 0) is 23.8 Å². The second-order valence-corrected chi connectivity index (χ2v) is 4.07. The Bertz CT molecular complexity index is 518. The molecule has 1 aliphatic rings. The fourth-order valence-corrected chi connectivity index (χ4v) is 1.82. The molecule has 5 heteroatoms. The van der Waals surface area contributed by atoms with E-state index < -0.39 is 17.5 Å². The van der Waals surface area contributed by atoms with Gasteiger partial charge in [-0.3, -0.25) is 14.4 Å². The van der Waals surface area contributed by atoms with E-state index in [1.54, 1.807) is 12.1 Å². The molecule has 5 nitrogen and oxygen atoms in total. The van der Waals surface area contributed by atoms with Crippen LogP contribution in [-0.4, -0.2) is 29.2 Å². The summed E-state index contributed by atoms with van der Waals surface area (Å²) in [5.74, 6) is -1.65. The number of Topliss-reactive ketones (excluding diaryl/α,β-unsaturated/α-hetero) is 2. The van der Waals surface area contributed by atoms with Gasteiger partial charge in [-0.2, -0.15) is 0 Å². The van der Waals surface area contributed by atoms with Gasteiger partial charge in [0.2, 0.25) is 11.6 Å². The van der Waals surface area contributed by atoms with Crippen LogP contribution in [0.4, 0.5) is 0 Å². The minimum Gasteiger partial charge on any atom is -0.493 e. The molecule has 2 rings (SSSR count). The lowest BCUT2D eigenvalue weighted by molar-refractivity contribution is -0.138. The van der Waals surface area contributed by atoms with Crippen molar-refractivity contribution in [1.29, 1.82) is 0 Å². The van der Waals surface area contributed by atoms with E-state index in [0.29, 0.717) is 12.2 Å². The second-order valence-electron chi connectivity index (χ2n) is 4.07. The highest BCUT2D eigenvalue weighted by Crippen LogP contribution is 2.26. The Hall–Kier alpha value is -2.17. The van der Waals surface area contributed by atoms with Gasteiger partial charge in [0.25, 0.3) is 0 Å². The van der Waals surface area contributed by atoms with Crippen LogP contribution >= 0.6 is 0 Å². The number of ether oxygens (including phenoxy) is 1. The highest BCUT2D eigenvalue weighted by atomic mass is 16.5. The van der Waals surface area contributed by atoms with Crippen molar-refractivity contribution in [3.8, 4) is 5.75 Å². The first-order valence-corrected chi connectivity index (χ1v) is 5.63. The van der Waals surface area contributed by atoms with E-state index in [9.17, 15) is 14.4 Å². The Morgan fingerprint density at radius 2 is 2.00 bits per heavy atom. The third-order valence-electron chi connectivity index (χ3n) is 2.77. The van der Waals surface area contributed by atoms with Crippen LogP contribution in [0.2, 0.25) is 0 Å². The summed E-state index contributed by atoms with van der Waals surface area (Å²) in [6, 6.07) is 4.84. The number of carbonyl (C=O) groups is 3. The van der Waals surface area contributed by atoms with E-state index in [1.807, 2.05) is 0 Å². The molecule has 0 amide bonds. The van der Waals surface area contributed by atoms with Gasteiger partial charge < -0.3 is 9.84 Å². The van der Waals surface area contributed by atoms with Gasteiger partial charge in [0, 0.05) is 18.4 Å². The molecule has 0 saturated heterocycles. The van der Waals surface area contributed by atoms with Crippen molar-refractivity contribution >= 4 is 17.5 Å². The van der Waals surface area contributed by atoms with Crippen LogP contribution in [0.3, 0.4) is 0 Å². The maximum Gasteiger partial charge on any atom is 0.303 e. The number of hydrogen-bond acceptors (Lipinski definition) is 4. The van der Waals surface area contributed by atoms with E-state index in [-0.39, 0.29) is 12.8 Å². The average molecular weight is 248 g/mol. The van der Waals surface area contributed by atoms with E-state index >= 15 is 0 Å². The van der Waals surface area contributed by atoms with E-state index in [2.05, 4.69) is 0 Å². The molecule has 1 N–H and O–H groups in total. The van der Waals surface area contributed by atoms with Gasteiger partial charge in [-0.15, -0.1) is 0 Å². The normalized spacial score (nSPS) is 12.7. The average Bonchev–Trinajstić information content (AvgIpc) is 2.81. The number of aliphatic carboxylic acids is 1. The lowest BCUT2D eigenvalue weighted by Crippen LogP contribution is -2.15. The number of fused-ring (bicyclic) bond motifs is 1. The number of carboxylic acids is 1.